The van der Waals surface area contributed by atoms with Crippen molar-refractivity contribution in [3.8, 4) is 21.1 Å². The van der Waals surface area contributed by atoms with Gasteiger partial charge in [0.1, 0.15) is 23.7 Å². The number of aromatic amines is 2. The number of fused-ring (bicyclic) bond motifs is 2. The number of likely N-dealkylation sites (tertiary alicyclic amines) is 2. The van der Waals surface area contributed by atoms with Crippen molar-refractivity contribution < 1.29 is 28.7 Å². The van der Waals surface area contributed by atoms with Crippen molar-refractivity contribution >= 4 is 66.8 Å². The molecule has 6 heterocycles. The number of aromatic nitrogens is 4. The van der Waals surface area contributed by atoms with E-state index in [1.54, 1.807) is 22.7 Å². The van der Waals surface area contributed by atoms with Crippen molar-refractivity contribution in [2.24, 2.45) is 11.8 Å². The zero-order valence-electron chi connectivity index (χ0n) is 33.1. The third-order valence-electron chi connectivity index (χ3n) is 11.2. The molecule has 0 aliphatic carbocycles. The van der Waals surface area contributed by atoms with Gasteiger partial charge in [-0.25, -0.2) is 19.6 Å². The summed E-state index contributed by atoms with van der Waals surface area (Å²) < 4.78 is 12.0. The number of rotatable bonds is 10. The lowest BCUT2D eigenvalue weighted by molar-refractivity contribution is -0.136. The fourth-order valence-electron chi connectivity index (χ4n) is 8.05. The molecule has 4 N–H and O–H groups in total. The summed E-state index contributed by atoms with van der Waals surface area (Å²) in [7, 11) is 2.59. The topological polar surface area (TPSA) is 175 Å². The lowest BCUT2D eigenvalue weighted by atomic mass is 10.0. The molecule has 2 aliphatic rings. The molecule has 4 amide bonds. The number of carbonyl (C=O) groups excluding carboxylic acids is 4. The first-order valence-electron chi connectivity index (χ1n) is 19.2. The molecule has 5 aromatic rings. The largest absolute Gasteiger partial charge is 0.453 e. The maximum Gasteiger partial charge on any atom is 0.407 e. The second-order valence-electron chi connectivity index (χ2n) is 15.4. The first-order valence-corrected chi connectivity index (χ1v) is 20.8. The number of hydrogen-bond acceptors (Lipinski definition) is 10. The number of ether oxygens (including phenoxy) is 2. The lowest BCUT2D eigenvalue weighted by Crippen LogP contribution is -2.51. The van der Waals surface area contributed by atoms with Gasteiger partial charge in [0.15, 0.2) is 0 Å². The summed E-state index contributed by atoms with van der Waals surface area (Å²) in [4.78, 5) is 73.7. The molecule has 16 heteroatoms. The van der Waals surface area contributed by atoms with E-state index in [9.17, 15) is 19.2 Å². The van der Waals surface area contributed by atoms with E-state index < -0.39 is 24.3 Å². The maximum atomic E-state index is 13.7. The summed E-state index contributed by atoms with van der Waals surface area (Å²) in [5, 5.41) is 7.81. The third kappa shape index (κ3) is 7.24. The maximum absolute atomic E-state index is 13.7. The molecule has 1 aromatic carbocycles. The van der Waals surface area contributed by atoms with Gasteiger partial charge in [-0.1, -0.05) is 27.7 Å². The van der Waals surface area contributed by atoms with Crippen LogP contribution in [0.3, 0.4) is 0 Å². The standard InChI is InChI=1S/C40H50N8O6S2/c1-19(2)31(45-39(51)53-7)37(49)47-13-9-11-27(47)35-41-17-25(43-35)29-15-23-21(5)34-24(22(6)33(23)55-29)16-30(56-34)26-18-42-36(44-26)28-12-10-14-48(28)38(50)32(20(3)4)46-40(52)54-8/h15-20,27-28,31-32H,9-14H2,1-8H3,(H,41,43)(H,42,44)(H,45,51)(H,46,52)/t27-,28-,31-,32-/m0/s1. The molecule has 0 radical (unpaired) electrons. The molecule has 298 valence electrons. The monoisotopic (exact) mass is 802 g/mol. The molecule has 4 atom stereocenters. The van der Waals surface area contributed by atoms with Gasteiger partial charge in [-0.2, -0.15) is 0 Å². The smallest absolute Gasteiger partial charge is 0.407 e. The van der Waals surface area contributed by atoms with Crippen LogP contribution in [0.2, 0.25) is 0 Å². The number of aryl methyl sites for hydroxylation is 2. The summed E-state index contributed by atoms with van der Waals surface area (Å²) >= 11 is 3.45. The third-order valence-corrected chi connectivity index (χ3v) is 13.7. The number of nitrogens with zero attached hydrogens (tertiary/aromatic N) is 4. The average Bonchev–Trinajstić information content (AvgIpc) is 4.02. The van der Waals surface area contributed by atoms with E-state index in [1.165, 1.54) is 45.5 Å². The summed E-state index contributed by atoms with van der Waals surface area (Å²) in [6.45, 7) is 13.2. The number of hydrogen-bond donors (Lipinski definition) is 4. The molecule has 7 rings (SSSR count). The Morgan fingerprint density at radius 1 is 0.714 bits per heavy atom. The molecule has 2 aliphatic heterocycles. The van der Waals surface area contributed by atoms with Gasteiger partial charge in [0.25, 0.3) is 0 Å². The van der Waals surface area contributed by atoms with Crippen LogP contribution in [0.15, 0.2) is 24.5 Å². The second kappa shape index (κ2) is 15.9. The van der Waals surface area contributed by atoms with E-state index in [-0.39, 0.29) is 35.7 Å². The van der Waals surface area contributed by atoms with E-state index in [0.717, 1.165) is 58.5 Å². The molecular weight excluding hydrogens is 753 g/mol. The predicted octanol–water partition coefficient (Wildman–Crippen LogP) is 7.60. The fraction of sp³-hybridized carbons (Fsp3) is 0.500. The predicted molar refractivity (Wildman–Crippen MR) is 218 cm³/mol. The van der Waals surface area contributed by atoms with Crippen LogP contribution in [0.4, 0.5) is 9.59 Å². The van der Waals surface area contributed by atoms with Gasteiger partial charge in [0.05, 0.1) is 59.8 Å². The Balaban J connectivity index is 1.12. The van der Waals surface area contributed by atoms with E-state index in [2.05, 4.69) is 46.6 Å². The quantitative estimate of drug-likeness (QED) is 0.112. The van der Waals surface area contributed by atoms with E-state index in [1.807, 2.05) is 49.9 Å². The van der Waals surface area contributed by atoms with Gasteiger partial charge in [0, 0.05) is 22.5 Å². The van der Waals surface area contributed by atoms with E-state index >= 15 is 0 Å². The van der Waals surface area contributed by atoms with Gasteiger partial charge < -0.3 is 39.9 Å². The Labute approximate surface area is 333 Å². The highest BCUT2D eigenvalue weighted by atomic mass is 32.1. The molecule has 0 bridgehead atoms. The molecule has 4 aromatic heterocycles. The van der Waals surface area contributed by atoms with Crippen molar-refractivity contribution in [3.63, 3.8) is 0 Å². The minimum absolute atomic E-state index is 0.107. The Morgan fingerprint density at radius 2 is 1.11 bits per heavy atom. The van der Waals surface area contributed by atoms with Crippen LogP contribution in [0.1, 0.15) is 88.2 Å². The first-order chi connectivity index (χ1) is 26.8. The summed E-state index contributed by atoms with van der Waals surface area (Å²) in [5.41, 5.74) is 4.22. The Hall–Kier alpha value is -4.96. The number of nitrogens with one attached hydrogen (secondary N) is 4. The number of alkyl carbamates (subject to hydrolysis) is 2. The molecule has 2 saturated heterocycles. The second-order valence-corrected chi connectivity index (χ2v) is 17.5. The molecular formula is C40H50N8O6S2. The normalized spacial score (nSPS) is 18.3. The van der Waals surface area contributed by atoms with Crippen LogP contribution in [0.25, 0.3) is 41.3 Å². The van der Waals surface area contributed by atoms with Gasteiger partial charge >= 0.3 is 12.2 Å². The molecule has 56 heavy (non-hydrogen) atoms. The molecule has 0 spiro atoms. The van der Waals surface area contributed by atoms with Crippen molar-refractivity contribution in [2.45, 2.75) is 91.4 Å². The van der Waals surface area contributed by atoms with Crippen molar-refractivity contribution in [1.82, 2.24) is 40.4 Å². The Bertz CT molecular complexity index is 2080. The minimum Gasteiger partial charge on any atom is -0.453 e. The molecule has 2 fully saturated rings. The van der Waals surface area contributed by atoms with Crippen LogP contribution >= 0.6 is 22.7 Å². The number of imidazole rings is 2. The van der Waals surface area contributed by atoms with E-state index in [0.29, 0.717) is 13.1 Å². The number of benzene rings is 1. The molecule has 0 saturated carbocycles. The van der Waals surface area contributed by atoms with Crippen LogP contribution < -0.4 is 10.6 Å². The highest BCUT2D eigenvalue weighted by molar-refractivity contribution is 7.24. The number of carbonyl (C=O) groups is 4. The highest BCUT2D eigenvalue weighted by Crippen LogP contribution is 2.45. The minimum atomic E-state index is -0.690. The first kappa shape index (κ1) is 39.3. The average molecular weight is 803 g/mol. The fourth-order valence-corrected chi connectivity index (χ4v) is 10.4. The van der Waals surface area contributed by atoms with Crippen LogP contribution in [-0.4, -0.2) is 93.1 Å². The van der Waals surface area contributed by atoms with Gasteiger partial charge in [-0.05, 0) is 85.4 Å². The molecule has 0 unspecified atom stereocenters. The van der Waals surface area contributed by atoms with Crippen LogP contribution in [0.5, 0.6) is 0 Å². The Kier molecular flexibility index (Phi) is 11.1. The number of amides is 4. The lowest BCUT2D eigenvalue weighted by Gasteiger charge is -2.30. The molecule has 14 nitrogen and oxygen atoms in total. The van der Waals surface area contributed by atoms with Crippen molar-refractivity contribution in [1.29, 1.82) is 0 Å². The van der Waals surface area contributed by atoms with Crippen LogP contribution in [-0.2, 0) is 19.1 Å². The summed E-state index contributed by atoms with van der Waals surface area (Å²) in [5.74, 6) is 0.999. The van der Waals surface area contributed by atoms with Crippen molar-refractivity contribution in [2.75, 3.05) is 27.3 Å². The van der Waals surface area contributed by atoms with Gasteiger partial charge in [-0.3, -0.25) is 9.59 Å². The number of thiophene rings is 2. The summed E-state index contributed by atoms with van der Waals surface area (Å²) in [6, 6.07) is 2.66. The van der Waals surface area contributed by atoms with Crippen molar-refractivity contribution in [3.05, 3.63) is 47.3 Å². The zero-order valence-corrected chi connectivity index (χ0v) is 34.7. The van der Waals surface area contributed by atoms with Crippen LogP contribution in [0, 0.1) is 25.7 Å². The number of H-pyrrole nitrogens is 2. The zero-order chi connectivity index (χ0) is 40.0. The summed E-state index contributed by atoms with van der Waals surface area (Å²) in [6.07, 6.45) is 5.73. The highest BCUT2D eigenvalue weighted by Gasteiger charge is 2.39. The Morgan fingerprint density at radius 3 is 1.46 bits per heavy atom. The van der Waals surface area contributed by atoms with Gasteiger partial charge in [-0.15, -0.1) is 22.7 Å². The number of methoxy groups -OCH3 is 2. The van der Waals surface area contributed by atoms with Gasteiger partial charge in [0.2, 0.25) is 11.8 Å². The van der Waals surface area contributed by atoms with E-state index in [4.69, 9.17) is 19.4 Å². The SMILES string of the molecule is COC(=O)N[C@H](C(=O)N1CCC[C@H]1c1ncc(-c2cc3c(C)c4sc(-c5cnc([C@@H]6CCCN6C(=O)[C@@H](NC(=O)OC)C(C)C)[nH]5)cc4c(C)c3s2)[nH]1)C(C)C.